The first-order valence-corrected chi connectivity index (χ1v) is 7.91. The SMILES string of the molecule is CC(C)C(=O)NC(=S)Nc1ccc(OC[C@H]2CCCO2)cc1. The molecule has 0 radical (unpaired) electrons. The normalized spacial score (nSPS) is 17.3. The van der Waals surface area contributed by atoms with Crippen LogP contribution in [0.2, 0.25) is 0 Å². The largest absolute Gasteiger partial charge is 0.491 e. The van der Waals surface area contributed by atoms with Gasteiger partial charge in [-0.15, -0.1) is 0 Å². The maximum Gasteiger partial charge on any atom is 0.228 e. The van der Waals surface area contributed by atoms with Crippen LogP contribution in [0.15, 0.2) is 24.3 Å². The van der Waals surface area contributed by atoms with Gasteiger partial charge in [-0.05, 0) is 49.3 Å². The van der Waals surface area contributed by atoms with E-state index in [1.54, 1.807) is 0 Å². The topological polar surface area (TPSA) is 59.6 Å². The van der Waals surface area contributed by atoms with Gasteiger partial charge in [0.05, 0.1) is 6.10 Å². The Kier molecular flexibility index (Phi) is 6.15. The van der Waals surface area contributed by atoms with Crippen molar-refractivity contribution in [3.05, 3.63) is 24.3 Å². The number of amides is 1. The summed E-state index contributed by atoms with van der Waals surface area (Å²) in [6.07, 6.45) is 2.37. The van der Waals surface area contributed by atoms with Gasteiger partial charge >= 0.3 is 0 Å². The van der Waals surface area contributed by atoms with Gasteiger partial charge in [-0.1, -0.05) is 13.8 Å². The standard InChI is InChI=1S/C16H22N2O3S/c1-11(2)15(19)18-16(22)17-12-5-7-13(8-6-12)21-10-14-4-3-9-20-14/h5-8,11,14H,3-4,9-10H2,1-2H3,(H2,17,18,19,22)/t14-/m1/s1. The first-order chi connectivity index (χ1) is 10.5. The van der Waals surface area contributed by atoms with Crippen molar-refractivity contribution in [1.82, 2.24) is 5.32 Å². The zero-order valence-corrected chi connectivity index (χ0v) is 13.7. The van der Waals surface area contributed by atoms with E-state index in [1.807, 2.05) is 38.1 Å². The molecule has 120 valence electrons. The van der Waals surface area contributed by atoms with Crippen molar-refractivity contribution in [2.75, 3.05) is 18.5 Å². The van der Waals surface area contributed by atoms with E-state index in [9.17, 15) is 4.79 Å². The minimum atomic E-state index is -0.103. The maximum absolute atomic E-state index is 11.5. The number of benzene rings is 1. The Morgan fingerprint density at radius 1 is 1.41 bits per heavy atom. The maximum atomic E-state index is 11.5. The molecule has 1 atom stereocenters. The van der Waals surface area contributed by atoms with E-state index in [0.717, 1.165) is 30.9 Å². The number of carbonyl (C=O) groups excluding carboxylic acids is 1. The second-order valence-electron chi connectivity index (χ2n) is 5.57. The lowest BCUT2D eigenvalue weighted by Crippen LogP contribution is -2.36. The van der Waals surface area contributed by atoms with Crippen LogP contribution in [0, 0.1) is 5.92 Å². The summed E-state index contributed by atoms with van der Waals surface area (Å²) < 4.78 is 11.2. The molecular formula is C16H22N2O3S. The van der Waals surface area contributed by atoms with Crippen molar-refractivity contribution >= 4 is 28.9 Å². The average Bonchev–Trinajstić information content (AvgIpc) is 2.99. The van der Waals surface area contributed by atoms with E-state index in [-0.39, 0.29) is 17.9 Å². The van der Waals surface area contributed by atoms with Gasteiger partial charge in [0.1, 0.15) is 12.4 Å². The molecule has 1 heterocycles. The minimum Gasteiger partial charge on any atom is -0.491 e. The average molecular weight is 322 g/mol. The molecule has 0 unspecified atom stereocenters. The molecule has 6 heteroatoms. The molecule has 0 aliphatic carbocycles. The van der Waals surface area contributed by atoms with E-state index < -0.39 is 0 Å². The number of rotatable bonds is 5. The van der Waals surface area contributed by atoms with Gasteiger partial charge in [0.15, 0.2) is 5.11 Å². The summed E-state index contributed by atoms with van der Waals surface area (Å²) in [7, 11) is 0. The summed E-state index contributed by atoms with van der Waals surface area (Å²) in [5.74, 6) is 0.584. The molecule has 0 bridgehead atoms. The Bertz CT molecular complexity index is 511. The number of anilines is 1. The first-order valence-electron chi connectivity index (χ1n) is 7.51. The van der Waals surface area contributed by atoms with Crippen LogP contribution in [-0.4, -0.2) is 30.3 Å². The smallest absolute Gasteiger partial charge is 0.228 e. The number of thiocarbonyl (C=S) groups is 1. The fourth-order valence-electron chi connectivity index (χ4n) is 2.02. The molecule has 1 aromatic carbocycles. The molecule has 2 N–H and O–H groups in total. The monoisotopic (exact) mass is 322 g/mol. The van der Waals surface area contributed by atoms with Crippen LogP contribution in [0.25, 0.3) is 0 Å². The van der Waals surface area contributed by atoms with Crippen LogP contribution < -0.4 is 15.4 Å². The Balaban J connectivity index is 1.78. The van der Waals surface area contributed by atoms with Crippen LogP contribution in [0.3, 0.4) is 0 Å². The number of hydrogen-bond acceptors (Lipinski definition) is 4. The second-order valence-corrected chi connectivity index (χ2v) is 5.98. The number of nitrogens with one attached hydrogen (secondary N) is 2. The molecule has 22 heavy (non-hydrogen) atoms. The van der Waals surface area contributed by atoms with Crippen LogP contribution in [0.1, 0.15) is 26.7 Å². The Labute approximate surface area is 136 Å². The number of hydrogen-bond donors (Lipinski definition) is 2. The molecular weight excluding hydrogens is 300 g/mol. The van der Waals surface area contributed by atoms with Crippen molar-refractivity contribution in [1.29, 1.82) is 0 Å². The van der Waals surface area contributed by atoms with Gasteiger partial charge in [0, 0.05) is 18.2 Å². The quantitative estimate of drug-likeness (QED) is 0.816. The lowest BCUT2D eigenvalue weighted by atomic mass is 10.2. The van der Waals surface area contributed by atoms with E-state index >= 15 is 0 Å². The summed E-state index contributed by atoms with van der Waals surface area (Å²) in [6.45, 7) is 5.04. The van der Waals surface area contributed by atoms with Crippen LogP contribution in [0.4, 0.5) is 5.69 Å². The van der Waals surface area contributed by atoms with E-state index in [1.165, 1.54) is 0 Å². The van der Waals surface area contributed by atoms with Gasteiger partial charge < -0.3 is 20.1 Å². The molecule has 5 nitrogen and oxygen atoms in total. The highest BCUT2D eigenvalue weighted by Crippen LogP contribution is 2.18. The molecule has 0 saturated carbocycles. The fourth-order valence-corrected chi connectivity index (χ4v) is 2.24. The van der Waals surface area contributed by atoms with Crippen molar-refractivity contribution in [2.45, 2.75) is 32.8 Å². The van der Waals surface area contributed by atoms with Gasteiger partial charge in [-0.3, -0.25) is 4.79 Å². The zero-order valence-electron chi connectivity index (χ0n) is 12.9. The molecule has 0 aromatic heterocycles. The first kappa shape index (κ1) is 16.7. The molecule has 1 saturated heterocycles. The summed E-state index contributed by atoms with van der Waals surface area (Å²) >= 11 is 5.10. The third kappa shape index (κ3) is 5.27. The minimum absolute atomic E-state index is 0.103. The van der Waals surface area contributed by atoms with Crippen LogP contribution in [0.5, 0.6) is 5.75 Å². The molecule has 1 fully saturated rings. The van der Waals surface area contributed by atoms with E-state index in [2.05, 4.69) is 10.6 Å². The number of ether oxygens (including phenoxy) is 2. The van der Waals surface area contributed by atoms with Crippen LogP contribution in [-0.2, 0) is 9.53 Å². The molecule has 1 aromatic rings. The Morgan fingerprint density at radius 2 is 2.14 bits per heavy atom. The van der Waals surface area contributed by atoms with E-state index in [4.69, 9.17) is 21.7 Å². The second kappa shape index (κ2) is 8.10. The summed E-state index contributed by atoms with van der Waals surface area (Å²) in [5.41, 5.74) is 0.804. The predicted molar refractivity (Wildman–Crippen MR) is 90.1 cm³/mol. The third-order valence-electron chi connectivity index (χ3n) is 3.33. The predicted octanol–water partition coefficient (Wildman–Crippen LogP) is 2.71. The fraction of sp³-hybridized carbons (Fsp3) is 0.500. The molecule has 1 aliphatic rings. The van der Waals surface area contributed by atoms with Crippen LogP contribution >= 0.6 is 12.2 Å². The van der Waals surface area contributed by atoms with Crippen molar-refractivity contribution in [3.63, 3.8) is 0 Å². The number of carbonyl (C=O) groups is 1. The third-order valence-corrected chi connectivity index (χ3v) is 3.54. The highest BCUT2D eigenvalue weighted by atomic mass is 32.1. The molecule has 2 rings (SSSR count). The highest BCUT2D eigenvalue weighted by Gasteiger charge is 2.15. The highest BCUT2D eigenvalue weighted by molar-refractivity contribution is 7.80. The summed E-state index contributed by atoms with van der Waals surface area (Å²) in [6, 6.07) is 7.45. The van der Waals surface area contributed by atoms with Gasteiger partial charge in [-0.2, -0.15) is 0 Å². The molecule has 1 amide bonds. The summed E-state index contributed by atoms with van der Waals surface area (Å²) in [4.78, 5) is 11.5. The van der Waals surface area contributed by atoms with Gasteiger partial charge in [0.2, 0.25) is 5.91 Å². The van der Waals surface area contributed by atoms with Crippen molar-refractivity contribution in [2.24, 2.45) is 5.92 Å². The molecule has 0 spiro atoms. The van der Waals surface area contributed by atoms with Crippen molar-refractivity contribution < 1.29 is 14.3 Å². The van der Waals surface area contributed by atoms with E-state index in [0.29, 0.717) is 11.7 Å². The zero-order chi connectivity index (χ0) is 15.9. The Hall–Kier alpha value is -1.66. The Morgan fingerprint density at radius 3 is 2.73 bits per heavy atom. The van der Waals surface area contributed by atoms with Crippen molar-refractivity contribution in [3.8, 4) is 5.75 Å². The lowest BCUT2D eigenvalue weighted by molar-refractivity contribution is -0.122. The van der Waals surface area contributed by atoms with Gasteiger partial charge in [-0.25, -0.2) is 0 Å². The lowest BCUT2D eigenvalue weighted by Gasteiger charge is -2.13. The summed E-state index contributed by atoms with van der Waals surface area (Å²) in [5, 5.41) is 5.91. The molecule has 1 aliphatic heterocycles. The van der Waals surface area contributed by atoms with Gasteiger partial charge in [0.25, 0.3) is 0 Å².